The molecule has 0 bridgehead atoms. The number of nitro benzene ring substituents is 1. The lowest BCUT2D eigenvalue weighted by Crippen LogP contribution is -2.32. The number of rotatable bonds is 10. The number of hydrogen-bond donors (Lipinski definition) is 1. The molecule has 0 aliphatic carbocycles. The maximum atomic E-state index is 13.3. The molecule has 0 saturated carbocycles. The quantitative estimate of drug-likeness (QED) is 0.131. The summed E-state index contributed by atoms with van der Waals surface area (Å²) in [5.41, 5.74) is 2.22. The maximum absolute atomic E-state index is 13.3. The van der Waals surface area contributed by atoms with E-state index in [2.05, 4.69) is 0 Å². The van der Waals surface area contributed by atoms with Crippen molar-refractivity contribution in [2.45, 2.75) is 26.0 Å². The van der Waals surface area contributed by atoms with Gasteiger partial charge in [-0.1, -0.05) is 42.5 Å². The van der Waals surface area contributed by atoms with E-state index in [0.29, 0.717) is 36.4 Å². The van der Waals surface area contributed by atoms with Crippen LogP contribution in [0.1, 0.15) is 34.7 Å². The summed E-state index contributed by atoms with van der Waals surface area (Å²) >= 11 is 0. The number of likely N-dealkylation sites (tertiary alicyclic amines) is 1. The Balaban J connectivity index is 1.71. The molecule has 1 amide bonds. The number of carbonyl (C=O) groups is 2. The number of non-ortho nitro benzene ring substituents is 1. The van der Waals surface area contributed by atoms with Crippen molar-refractivity contribution in [2.24, 2.45) is 0 Å². The highest BCUT2D eigenvalue weighted by atomic mass is 16.6. The summed E-state index contributed by atoms with van der Waals surface area (Å²) in [6.07, 6.45) is 0.581. The van der Waals surface area contributed by atoms with E-state index in [-0.39, 0.29) is 23.6 Å². The lowest BCUT2D eigenvalue weighted by atomic mass is 9.94. The zero-order chi connectivity index (χ0) is 28.1. The van der Waals surface area contributed by atoms with Gasteiger partial charge < -0.3 is 19.6 Å². The number of nitro groups is 1. The molecule has 39 heavy (non-hydrogen) atoms. The van der Waals surface area contributed by atoms with E-state index in [1.165, 1.54) is 23.1 Å². The van der Waals surface area contributed by atoms with Gasteiger partial charge in [0.05, 0.1) is 16.5 Å². The number of carbonyl (C=O) groups excluding carboxylic acids is 2. The molecular weight excluding hydrogens is 498 g/mol. The predicted octanol–water partition coefficient (Wildman–Crippen LogP) is 4.86. The average Bonchev–Trinajstić information content (AvgIpc) is 3.17. The Hall–Kier alpha value is -4.50. The number of hydrogen-bond acceptors (Lipinski definition) is 7. The molecule has 3 aromatic rings. The zero-order valence-electron chi connectivity index (χ0n) is 22.2. The Morgan fingerprint density at radius 1 is 1.05 bits per heavy atom. The standard InChI is InChI=1S/C30H31N3O6/c1-20-17-23(13-14-25(20)39-19-21-9-5-4-6-10-21)28(34)26-27(22-11-7-12-24(18-22)33(37)38)32(30(36)29(26)35)16-8-15-31(2)3/h4-7,9-14,17-18,27,34H,8,15-16,19H2,1-3H3/b28-26+/t27-/m0/s1. The number of nitrogens with zero attached hydrogens (tertiary/aromatic N) is 3. The van der Waals surface area contributed by atoms with Crippen LogP contribution in [0.5, 0.6) is 5.75 Å². The summed E-state index contributed by atoms with van der Waals surface area (Å²) in [5, 5.41) is 22.8. The third-order valence-corrected chi connectivity index (χ3v) is 6.63. The van der Waals surface area contributed by atoms with Crippen molar-refractivity contribution in [1.82, 2.24) is 9.80 Å². The molecule has 0 radical (unpaired) electrons. The van der Waals surface area contributed by atoms with Gasteiger partial charge >= 0.3 is 0 Å². The van der Waals surface area contributed by atoms with Crippen LogP contribution in [-0.4, -0.2) is 58.7 Å². The smallest absolute Gasteiger partial charge is 0.295 e. The maximum Gasteiger partial charge on any atom is 0.295 e. The van der Waals surface area contributed by atoms with Gasteiger partial charge in [-0.05, 0) is 68.9 Å². The average molecular weight is 530 g/mol. The number of amides is 1. The fourth-order valence-electron chi connectivity index (χ4n) is 4.67. The second kappa shape index (κ2) is 11.9. The molecule has 1 atom stereocenters. The van der Waals surface area contributed by atoms with Gasteiger partial charge in [-0.15, -0.1) is 0 Å². The lowest BCUT2D eigenvalue weighted by Gasteiger charge is -2.26. The minimum atomic E-state index is -0.957. The molecule has 1 aliphatic heterocycles. The molecule has 0 unspecified atom stereocenters. The first-order chi connectivity index (χ1) is 18.7. The highest BCUT2D eigenvalue weighted by Crippen LogP contribution is 2.40. The van der Waals surface area contributed by atoms with Crippen molar-refractivity contribution in [3.05, 3.63) is 111 Å². The molecule has 3 aromatic carbocycles. The summed E-state index contributed by atoms with van der Waals surface area (Å²) in [4.78, 5) is 40.7. The summed E-state index contributed by atoms with van der Waals surface area (Å²) in [7, 11) is 3.81. The number of benzene rings is 3. The Kier molecular flexibility index (Phi) is 8.41. The predicted molar refractivity (Wildman–Crippen MR) is 147 cm³/mol. The first kappa shape index (κ1) is 27.5. The van der Waals surface area contributed by atoms with Crippen LogP contribution in [-0.2, 0) is 16.2 Å². The Labute approximate surface area is 227 Å². The summed E-state index contributed by atoms with van der Waals surface area (Å²) in [6, 6.07) is 19.6. The first-order valence-corrected chi connectivity index (χ1v) is 12.6. The van der Waals surface area contributed by atoms with E-state index in [9.17, 15) is 24.8 Å². The molecule has 1 fully saturated rings. The van der Waals surface area contributed by atoms with Crippen LogP contribution in [0.25, 0.3) is 5.76 Å². The van der Waals surface area contributed by atoms with Gasteiger partial charge in [0.25, 0.3) is 17.4 Å². The lowest BCUT2D eigenvalue weighted by molar-refractivity contribution is -0.384. The number of aliphatic hydroxyl groups excluding tert-OH is 1. The molecule has 4 rings (SSSR count). The van der Waals surface area contributed by atoms with E-state index in [4.69, 9.17) is 4.74 Å². The molecule has 0 spiro atoms. The van der Waals surface area contributed by atoms with Crippen LogP contribution < -0.4 is 4.74 Å². The van der Waals surface area contributed by atoms with E-state index < -0.39 is 22.7 Å². The van der Waals surface area contributed by atoms with Crippen molar-refractivity contribution in [1.29, 1.82) is 0 Å². The van der Waals surface area contributed by atoms with Crippen LogP contribution in [0, 0.1) is 17.0 Å². The molecule has 1 aliphatic rings. The van der Waals surface area contributed by atoms with Crippen LogP contribution in [0.15, 0.2) is 78.4 Å². The van der Waals surface area contributed by atoms with Crippen molar-refractivity contribution in [3.8, 4) is 5.75 Å². The number of ether oxygens (including phenoxy) is 1. The van der Waals surface area contributed by atoms with Crippen LogP contribution in [0.3, 0.4) is 0 Å². The van der Waals surface area contributed by atoms with E-state index in [1.807, 2.05) is 56.3 Å². The third-order valence-electron chi connectivity index (χ3n) is 6.63. The topological polar surface area (TPSA) is 113 Å². The largest absolute Gasteiger partial charge is 0.507 e. The molecule has 9 heteroatoms. The summed E-state index contributed by atoms with van der Waals surface area (Å²) < 4.78 is 5.93. The van der Waals surface area contributed by atoms with Crippen molar-refractivity contribution in [3.63, 3.8) is 0 Å². The summed E-state index contributed by atoms with van der Waals surface area (Å²) in [6.45, 7) is 3.12. The van der Waals surface area contributed by atoms with Gasteiger partial charge in [-0.2, -0.15) is 0 Å². The Morgan fingerprint density at radius 2 is 1.79 bits per heavy atom. The molecule has 1 N–H and O–H groups in total. The molecule has 1 saturated heterocycles. The molecule has 1 heterocycles. The van der Waals surface area contributed by atoms with Crippen molar-refractivity contribution in [2.75, 3.05) is 27.2 Å². The second-order valence-electron chi connectivity index (χ2n) is 9.76. The normalized spacial score (nSPS) is 16.6. The number of aliphatic hydroxyl groups is 1. The van der Waals surface area contributed by atoms with E-state index in [1.54, 1.807) is 24.3 Å². The Bertz CT molecular complexity index is 1420. The van der Waals surface area contributed by atoms with Gasteiger partial charge in [0.1, 0.15) is 18.1 Å². The summed E-state index contributed by atoms with van der Waals surface area (Å²) in [5.74, 6) is -1.28. The van der Waals surface area contributed by atoms with Crippen LogP contribution >= 0.6 is 0 Å². The first-order valence-electron chi connectivity index (χ1n) is 12.6. The van der Waals surface area contributed by atoms with E-state index in [0.717, 1.165) is 11.1 Å². The second-order valence-corrected chi connectivity index (χ2v) is 9.76. The molecule has 9 nitrogen and oxygen atoms in total. The fraction of sp³-hybridized carbons (Fsp3) is 0.267. The van der Waals surface area contributed by atoms with Crippen molar-refractivity contribution < 1.29 is 24.4 Å². The van der Waals surface area contributed by atoms with Crippen LogP contribution in [0.2, 0.25) is 0 Å². The monoisotopic (exact) mass is 529 g/mol. The van der Waals surface area contributed by atoms with Crippen molar-refractivity contribution >= 4 is 23.1 Å². The van der Waals surface area contributed by atoms with Gasteiger partial charge in [-0.25, -0.2) is 0 Å². The molecule has 0 aromatic heterocycles. The zero-order valence-corrected chi connectivity index (χ0v) is 22.2. The Morgan fingerprint density at radius 3 is 2.46 bits per heavy atom. The molecule has 202 valence electrons. The highest BCUT2D eigenvalue weighted by Gasteiger charge is 2.46. The van der Waals surface area contributed by atoms with Gasteiger partial charge in [0.2, 0.25) is 0 Å². The number of ketones is 1. The van der Waals surface area contributed by atoms with Gasteiger partial charge in [0, 0.05) is 24.2 Å². The van der Waals surface area contributed by atoms with E-state index >= 15 is 0 Å². The highest BCUT2D eigenvalue weighted by molar-refractivity contribution is 6.46. The van der Waals surface area contributed by atoms with Gasteiger partial charge in [-0.3, -0.25) is 19.7 Å². The third kappa shape index (κ3) is 6.15. The van der Waals surface area contributed by atoms with Gasteiger partial charge in [0.15, 0.2) is 0 Å². The molecular formula is C30H31N3O6. The SMILES string of the molecule is Cc1cc(/C(O)=C2\C(=O)C(=O)N(CCCN(C)C)[C@H]2c2cccc([N+](=O)[O-])c2)ccc1OCc1ccccc1. The van der Waals surface area contributed by atoms with Crippen LogP contribution in [0.4, 0.5) is 5.69 Å². The number of aryl methyl sites for hydroxylation is 1. The fourth-order valence-corrected chi connectivity index (χ4v) is 4.67. The number of Topliss-reactive ketones (excluding diaryl/α,β-unsaturated/α-hetero) is 1. The minimum Gasteiger partial charge on any atom is -0.507 e. The minimum absolute atomic E-state index is 0.0947.